The van der Waals surface area contributed by atoms with Gasteiger partial charge in [-0.3, -0.25) is 4.57 Å². The average molecular weight is 464 g/mol. The van der Waals surface area contributed by atoms with Crippen LogP contribution in [0.3, 0.4) is 0 Å². The van der Waals surface area contributed by atoms with Gasteiger partial charge in [0.25, 0.3) is 0 Å². The molecule has 1 atom stereocenters. The van der Waals surface area contributed by atoms with Crippen LogP contribution in [0.1, 0.15) is 37.0 Å². The average Bonchev–Trinajstić information content (AvgIpc) is 3.28. The van der Waals surface area contributed by atoms with E-state index in [1.165, 1.54) is 0 Å². The molecular formula is C29H29N5O. The highest BCUT2D eigenvalue weighted by atomic mass is 16.5. The van der Waals surface area contributed by atoms with Gasteiger partial charge >= 0.3 is 0 Å². The number of aliphatic imine (C=N–C) groups is 1. The Bertz CT molecular complexity index is 1470. The minimum atomic E-state index is -0.256. The summed E-state index contributed by atoms with van der Waals surface area (Å²) in [5.74, 6) is 2.35. The van der Waals surface area contributed by atoms with Crippen molar-refractivity contribution in [2.45, 2.75) is 20.0 Å². The molecule has 6 rings (SSSR count). The van der Waals surface area contributed by atoms with E-state index in [1.807, 2.05) is 20.2 Å². The van der Waals surface area contributed by atoms with Gasteiger partial charge in [0.2, 0.25) is 5.90 Å². The van der Waals surface area contributed by atoms with Crippen molar-refractivity contribution in [3.05, 3.63) is 83.7 Å². The summed E-state index contributed by atoms with van der Waals surface area (Å²) >= 11 is 0. The van der Waals surface area contributed by atoms with Crippen molar-refractivity contribution in [1.29, 1.82) is 0 Å². The third kappa shape index (κ3) is 3.48. The smallest absolute Gasteiger partial charge is 0.228 e. The van der Waals surface area contributed by atoms with Crippen molar-refractivity contribution < 1.29 is 4.74 Å². The number of para-hydroxylation sites is 2. The van der Waals surface area contributed by atoms with Gasteiger partial charge in [-0.05, 0) is 61.9 Å². The molecule has 0 spiro atoms. The molecule has 0 unspecified atom stereocenters. The van der Waals surface area contributed by atoms with Crippen LogP contribution in [0.5, 0.6) is 5.75 Å². The number of imidazole rings is 1. The Labute approximate surface area is 205 Å². The van der Waals surface area contributed by atoms with Crippen LogP contribution in [-0.2, 0) is 0 Å². The van der Waals surface area contributed by atoms with E-state index in [0.29, 0.717) is 5.90 Å². The number of anilines is 2. The van der Waals surface area contributed by atoms with Gasteiger partial charge in [-0.15, -0.1) is 0 Å². The molecule has 3 heterocycles. The van der Waals surface area contributed by atoms with Gasteiger partial charge in [-0.1, -0.05) is 24.3 Å². The standard InChI is InChI=1S/C29H29N5O/c1-5-33(6-2)22-16-13-20-17-23-28-30-24-9-7-8-10-25(24)34(28)27(31-29(23)35-26(20)18-22)19-11-14-21(15-12-19)32(3)4/h7-18,27H,5-6H2,1-4H3/t27-/m0/s1. The number of rotatable bonds is 5. The molecular weight excluding hydrogens is 434 g/mol. The molecule has 0 N–H and O–H groups in total. The molecule has 0 aliphatic carbocycles. The Morgan fingerprint density at radius 1 is 0.914 bits per heavy atom. The topological polar surface area (TPSA) is 45.9 Å². The SMILES string of the molecule is CCN(CC)c1ccc2c(c1)OC1=N[C@H](c3ccc(N(C)C)cc3)n3c(nc4ccccc43)C1=C2. The Morgan fingerprint density at radius 2 is 1.66 bits per heavy atom. The van der Waals surface area contributed by atoms with E-state index in [0.717, 1.165) is 63.8 Å². The van der Waals surface area contributed by atoms with Gasteiger partial charge in [0, 0.05) is 50.2 Å². The fourth-order valence-electron chi connectivity index (χ4n) is 4.97. The number of hydrogen-bond acceptors (Lipinski definition) is 5. The quantitative estimate of drug-likeness (QED) is 0.373. The normalized spacial score (nSPS) is 15.9. The first-order chi connectivity index (χ1) is 17.1. The molecule has 6 nitrogen and oxygen atoms in total. The minimum Gasteiger partial charge on any atom is -0.438 e. The minimum absolute atomic E-state index is 0.256. The van der Waals surface area contributed by atoms with Crippen molar-refractivity contribution >= 4 is 40.0 Å². The summed E-state index contributed by atoms with van der Waals surface area (Å²) in [5, 5.41) is 0. The lowest BCUT2D eigenvalue weighted by Gasteiger charge is -2.29. The van der Waals surface area contributed by atoms with Gasteiger partial charge < -0.3 is 14.5 Å². The van der Waals surface area contributed by atoms with Gasteiger partial charge in [-0.2, -0.15) is 0 Å². The van der Waals surface area contributed by atoms with Gasteiger partial charge in [0.05, 0.1) is 16.6 Å². The zero-order chi connectivity index (χ0) is 24.1. The molecule has 0 saturated heterocycles. The zero-order valence-corrected chi connectivity index (χ0v) is 20.6. The number of fused-ring (bicyclic) bond motifs is 6. The molecule has 1 aromatic heterocycles. The number of aromatic nitrogens is 2. The third-order valence-corrected chi connectivity index (χ3v) is 6.89. The zero-order valence-electron chi connectivity index (χ0n) is 20.6. The monoisotopic (exact) mass is 463 g/mol. The van der Waals surface area contributed by atoms with Gasteiger partial charge in [0.1, 0.15) is 11.6 Å². The summed E-state index contributed by atoms with van der Waals surface area (Å²) < 4.78 is 8.71. The highest BCUT2D eigenvalue weighted by Crippen LogP contribution is 2.41. The third-order valence-electron chi connectivity index (χ3n) is 6.89. The van der Waals surface area contributed by atoms with Crippen LogP contribution in [0.4, 0.5) is 11.4 Å². The number of ether oxygens (including phenoxy) is 1. The van der Waals surface area contributed by atoms with Crippen molar-refractivity contribution in [3.8, 4) is 5.75 Å². The molecule has 3 aromatic carbocycles. The molecule has 4 aromatic rings. The molecule has 0 radical (unpaired) electrons. The predicted octanol–water partition coefficient (Wildman–Crippen LogP) is 5.84. The van der Waals surface area contributed by atoms with E-state index in [9.17, 15) is 0 Å². The largest absolute Gasteiger partial charge is 0.438 e. The second kappa shape index (κ2) is 8.31. The molecule has 0 fully saturated rings. The lowest BCUT2D eigenvalue weighted by atomic mass is 10.0. The van der Waals surface area contributed by atoms with Crippen LogP contribution in [0.25, 0.3) is 22.7 Å². The summed E-state index contributed by atoms with van der Waals surface area (Å²) in [6.07, 6.45) is 1.90. The van der Waals surface area contributed by atoms with Crippen LogP contribution in [0.2, 0.25) is 0 Å². The Balaban J connectivity index is 1.52. The molecule has 35 heavy (non-hydrogen) atoms. The summed E-state index contributed by atoms with van der Waals surface area (Å²) in [6, 6.07) is 23.2. The summed E-state index contributed by atoms with van der Waals surface area (Å²) in [4.78, 5) is 14.6. The van der Waals surface area contributed by atoms with Crippen LogP contribution in [0.15, 0.2) is 71.7 Å². The molecule has 2 aliphatic rings. The first kappa shape index (κ1) is 21.5. The van der Waals surface area contributed by atoms with Gasteiger partial charge in [-0.25, -0.2) is 9.98 Å². The molecule has 6 heteroatoms. The van der Waals surface area contributed by atoms with Crippen LogP contribution < -0.4 is 14.5 Å². The van der Waals surface area contributed by atoms with E-state index >= 15 is 0 Å². The first-order valence-corrected chi connectivity index (χ1v) is 12.2. The van der Waals surface area contributed by atoms with E-state index in [2.05, 4.69) is 95.0 Å². The highest BCUT2D eigenvalue weighted by molar-refractivity contribution is 6.27. The fourth-order valence-corrected chi connectivity index (χ4v) is 4.97. The second-order valence-corrected chi connectivity index (χ2v) is 9.14. The van der Waals surface area contributed by atoms with Crippen molar-refractivity contribution in [2.24, 2.45) is 4.99 Å². The number of benzene rings is 3. The van der Waals surface area contributed by atoms with E-state index in [4.69, 9.17) is 14.7 Å². The number of hydrogen-bond donors (Lipinski definition) is 0. The molecule has 0 amide bonds. The predicted molar refractivity (Wildman–Crippen MR) is 145 cm³/mol. The molecule has 176 valence electrons. The summed E-state index contributed by atoms with van der Waals surface area (Å²) in [7, 11) is 4.10. The Kier molecular flexibility index (Phi) is 5.10. The van der Waals surface area contributed by atoms with Gasteiger partial charge in [0.15, 0.2) is 6.17 Å². The Hall–Kier alpha value is -4.06. The maximum atomic E-state index is 6.48. The van der Waals surface area contributed by atoms with Crippen molar-refractivity contribution in [1.82, 2.24) is 9.55 Å². The molecule has 2 aliphatic heterocycles. The van der Waals surface area contributed by atoms with E-state index in [-0.39, 0.29) is 6.17 Å². The fraction of sp³-hybridized carbons (Fsp3) is 0.241. The lowest BCUT2D eigenvalue weighted by Crippen LogP contribution is -2.27. The van der Waals surface area contributed by atoms with Crippen molar-refractivity contribution in [3.63, 3.8) is 0 Å². The Morgan fingerprint density at radius 3 is 2.40 bits per heavy atom. The summed E-state index contributed by atoms with van der Waals surface area (Å²) in [5.41, 5.74) is 7.39. The summed E-state index contributed by atoms with van der Waals surface area (Å²) in [6.45, 7) is 6.24. The first-order valence-electron chi connectivity index (χ1n) is 12.2. The maximum absolute atomic E-state index is 6.48. The van der Waals surface area contributed by atoms with E-state index in [1.54, 1.807) is 0 Å². The number of nitrogens with zero attached hydrogens (tertiary/aromatic N) is 5. The maximum Gasteiger partial charge on any atom is 0.228 e. The van der Waals surface area contributed by atoms with Crippen LogP contribution >= 0.6 is 0 Å². The molecule has 0 bridgehead atoms. The van der Waals surface area contributed by atoms with E-state index < -0.39 is 0 Å². The highest BCUT2D eigenvalue weighted by Gasteiger charge is 2.33. The van der Waals surface area contributed by atoms with Crippen LogP contribution in [-0.4, -0.2) is 42.6 Å². The van der Waals surface area contributed by atoms with Crippen molar-refractivity contribution in [2.75, 3.05) is 37.0 Å². The second-order valence-electron chi connectivity index (χ2n) is 9.14. The molecule has 0 saturated carbocycles. The lowest BCUT2D eigenvalue weighted by molar-refractivity contribution is 0.516. The van der Waals surface area contributed by atoms with Crippen LogP contribution in [0, 0.1) is 0 Å².